The minimum Gasteiger partial charge on any atom is -0.365 e. The van der Waals surface area contributed by atoms with E-state index in [-0.39, 0.29) is 11.3 Å². The van der Waals surface area contributed by atoms with Gasteiger partial charge in [0.1, 0.15) is 11.5 Å². The first-order chi connectivity index (χ1) is 14.0. The van der Waals surface area contributed by atoms with Crippen molar-refractivity contribution in [3.8, 4) is 0 Å². The summed E-state index contributed by atoms with van der Waals surface area (Å²) >= 11 is 0. The largest absolute Gasteiger partial charge is 0.365 e. The summed E-state index contributed by atoms with van der Waals surface area (Å²) in [5.74, 6) is 1.07. The van der Waals surface area contributed by atoms with Crippen LogP contribution in [-0.2, 0) is 17.1 Å². The van der Waals surface area contributed by atoms with E-state index in [1.807, 2.05) is 13.2 Å². The predicted octanol–water partition coefficient (Wildman–Crippen LogP) is 1.60. The molecule has 29 heavy (non-hydrogen) atoms. The number of sulfonamides is 1. The summed E-state index contributed by atoms with van der Waals surface area (Å²) in [6.07, 6.45) is 8.51. The fourth-order valence-electron chi connectivity index (χ4n) is 3.72. The maximum atomic E-state index is 12.6. The molecule has 4 heterocycles. The van der Waals surface area contributed by atoms with E-state index >= 15 is 0 Å². The lowest BCUT2D eigenvalue weighted by atomic mass is 10.1. The number of rotatable bonds is 6. The number of nitrogens with zero attached hydrogens (tertiary/aromatic N) is 5. The molecule has 1 saturated heterocycles. The Morgan fingerprint density at radius 2 is 2.14 bits per heavy atom. The van der Waals surface area contributed by atoms with Crippen LogP contribution >= 0.6 is 0 Å². The van der Waals surface area contributed by atoms with Gasteiger partial charge < -0.3 is 15.6 Å². The third-order valence-corrected chi connectivity index (χ3v) is 7.69. The Morgan fingerprint density at radius 3 is 2.90 bits per heavy atom. The highest BCUT2D eigenvalue weighted by Crippen LogP contribution is 2.33. The summed E-state index contributed by atoms with van der Waals surface area (Å²) in [6.45, 7) is 1.06. The molecule has 1 atom stereocenters. The lowest BCUT2D eigenvalue weighted by Crippen LogP contribution is -2.46. The van der Waals surface area contributed by atoms with E-state index in [0.717, 1.165) is 36.8 Å². The molecular formula is C18H23N8O2S. The van der Waals surface area contributed by atoms with Gasteiger partial charge in [0.05, 0.1) is 22.5 Å². The number of hydrogen-bond acceptors (Lipinski definition) is 7. The highest BCUT2D eigenvalue weighted by Gasteiger charge is 2.41. The van der Waals surface area contributed by atoms with Crippen LogP contribution in [0.2, 0.25) is 0 Å². The number of fused-ring (bicyclic) bond motifs is 1. The van der Waals surface area contributed by atoms with Crippen molar-refractivity contribution in [3.05, 3.63) is 24.7 Å². The van der Waals surface area contributed by atoms with E-state index < -0.39 is 10.0 Å². The van der Waals surface area contributed by atoms with Crippen LogP contribution in [0.5, 0.6) is 0 Å². The normalized spacial score (nSPS) is 20.8. The zero-order valence-electron chi connectivity index (χ0n) is 16.1. The second-order valence-electron chi connectivity index (χ2n) is 7.67. The van der Waals surface area contributed by atoms with Crippen molar-refractivity contribution >= 4 is 38.5 Å². The second kappa shape index (κ2) is 6.99. The van der Waals surface area contributed by atoms with Crippen LogP contribution in [0.4, 0.5) is 17.5 Å². The van der Waals surface area contributed by atoms with Crippen LogP contribution in [0.1, 0.15) is 25.7 Å². The topological polar surface area (TPSA) is 121 Å². The van der Waals surface area contributed by atoms with Crippen molar-refractivity contribution in [2.24, 2.45) is 7.05 Å². The summed E-state index contributed by atoms with van der Waals surface area (Å²) in [4.78, 5) is 12.2. The highest BCUT2D eigenvalue weighted by molar-refractivity contribution is 7.90. The lowest BCUT2D eigenvalue weighted by Gasteiger charge is -2.32. The van der Waals surface area contributed by atoms with Crippen molar-refractivity contribution in [2.75, 3.05) is 23.7 Å². The number of H-pyrrole nitrogens is 1. The molecule has 0 bridgehead atoms. The number of hydrogen-bond donors (Lipinski definition) is 3. The first kappa shape index (κ1) is 18.4. The monoisotopic (exact) mass is 415 g/mol. The molecule has 10 nitrogen and oxygen atoms in total. The van der Waals surface area contributed by atoms with E-state index in [1.54, 1.807) is 21.4 Å². The Bertz CT molecular complexity index is 1130. The molecule has 0 unspecified atom stereocenters. The number of nitrogens with one attached hydrogen (secondary N) is 3. The fourth-order valence-corrected chi connectivity index (χ4v) is 5.64. The van der Waals surface area contributed by atoms with Crippen LogP contribution < -0.4 is 10.6 Å². The Morgan fingerprint density at radius 1 is 1.28 bits per heavy atom. The lowest BCUT2D eigenvalue weighted by molar-refractivity contribution is 0.326. The van der Waals surface area contributed by atoms with Gasteiger partial charge in [-0.2, -0.15) is 19.4 Å². The molecule has 3 N–H and O–H groups in total. The number of piperidine rings is 1. The summed E-state index contributed by atoms with van der Waals surface area (Å²) in [5, 5.41) is 11.3. The first-order valence-corrected chi connectivity index (χ1v) is 11.3. The van der Waals surface area contributed by atoms with Gasteiger partial charge in [-0.15, -0.1) is 0 Å². The molecule has 153 valence electrons. The van der Waals surface area contributed by atoms with Crippen LogP contribution in [-0.4, -0.2) is 61.8 Å². The minimum atomic E-state index is -3.17. The van der Waals surface area contributed by atoms with E-state index in [9.17, 15) is 8.42 Å². The van der Waals surface area contributed by atoms with Crippen molar-refractivity contribution < 1.29 is 8.42 Å². The van der Waals surface area contributed by atoms with Gasteiger partial charge in [-0.3, -0.25) is 4.68 Å². The fraction of sp³-hybridized carbons (Fsp3) is 0.500. The molecule has 1 aliphatic carbocycles. The molecule has 1 saturated carbocycles. The van der Waals surface area contributed by atoms with Gasteiger partial charge in [0, 0.05) is 44.6 Å². The summed E-state index contributed by atoms with van der Waals surface area (Å²) in [5.41, 5.74) is 1.44. The van der Waals surface area contributed by atoms with E-state index in [4.69, 9.17) is 0 Å². The smallest absolute Gasteiger partial charge is 0.231 e. The first-order valence-electron chi connectivity index (χ1n) is 9.77. The highest BCUT2D eigenvalue weighted by atomic mass is 32.2. The number of aromatic nitrogens is 5. The molecule has 0 spiro atoms. The molecule has 1 aliphatic heterocycles. The van der Waals surface area contributed by atoms with E-state index in [0.29, 0.717) is 30.5 Å². The standard InChI is InChI=1S/C18H23N8O2S/c1-25-10-13(9-20-25)22-18-23-16-15(6-7-19-16)17(24-18)21-12-3-2-8-26(11-12)29(27,28)14-4-5-14/h7,9-10,12,14H,2-5,8,11H2,1H3,(H3,19,21,22,23,24)/t12-/m1/s1. The Kier molecular flexibility index (Phi) is 4.43. The SMILES string of the molecule is Cn1cc(Nc2nc(N[C@@H]3CCCN(S(=O)(=O)C4CC4)C3)c3[c]c[nH]c3n2)cn1. The molecule has 2 aliphatic rings. The van der Waals surface area contributed by atoms with Crippen LogP contribution in [0.15, 0.2) is 18.6 Å². The van der Waals surface area contributed by atoms with Gasteiger partial charge in [0.25, 0.3) is 0 Å². The van der Waals surface area contributed by atoms with Gasteiger partial charge in [0.15, 0.2) is 0 Å². The molecule has 2 fully saturated rings. The second-order valence-corrected chi connectivity index (χ2v) is 9.88. The molecule has 3 aromatic rings. The van der Waals surface area contributed by atoms with E-state index in [1.165, 1.54) is 0 Å². The van der Waals surface area contributed by atoms with Crippen molar-refractivity contribution in [3.63, 3.8) is 0 Å². The van der Waals surface area contributed by atoms with Crippen molar-refractivity contribution in [1.29, 1.82) is 0 Å². The molecule has 3 aromatic heterocycles. The Hall–Kier alpha value is -2.66. The zero-order valence-corrected chi connectivity index (χ0v) is 16.9. The van der Waals surface area contributed by atoms with Gasteiger partial charge >= 0.3 is 0 Å². The molecule has 11 heteroatoms. The van der Waals surface area contributed by atoms with Gasteiger partial charge in [-0.1, -0.05) is 0 Å². The maximum Gasteiger partial charge on any atom is 0.231 e. The summed E-state index contributed by atoms with van der Waals surface area (Å²) < 4.78 is 28.6. The average Bonchev–Trinajstić information content (AvgIpc) is 3.33. The van der Waals surface area contributed by atoms with Crippen LogP contribution in [0.25, 0.3) is 11.0 Å². The van der Waals surface area contributed by atoms with Crippen molar-refractivity contribution in [2.45, 2.75) is 37.0 Å². The van der Waals surface area contributed by atoms with Gasteiger partial charge in [-0.25, -0.2) is 8.42 Å². The number of aromatic amines is 1. The molecule has 5 rings (SSSR count). The van der Waals surface area contributed by atoms with Gasteiger partial charge in [0.2, 0.25) is 16.0 Å². The zero-order chi connectivity index (χ0) is 20.0. The third kappa shape index (κ3) is 3.67. The van der Waals surface area contributed by atoms with E-state index in [2.05, 4.69) is 36.8 Å². The maximum absolute atomic E-state index is 12.6. The Balaban J connectivity index is 1.38. The average molecular weight is 416 g/mol. The Labute approximate surface area is 168 Å². The summed E-state index contributed by atoms with van der Waals surface area (Å²) in [6, 6.07) is 3.11. The third-order valence-electron chi connectivity index (χ3n) is 5.33. The number of aryl methyl sites for hydroxylation is 1. The van der Waals surface area contributed by atoms with Crippen LogP contribution in [0, 0.1) is 6.07 Å². The molecule has 1 radical (unpaired) electrons. The summed E-state index contributed by atoms with van der Waals surface area (Å²) in [7, 11) is -1.33. The molecule has 0 amide bonds. The van der Waals surface area contributed by atoms with Gasteiger partial charge in [-0.05, 0) is 25.7 Å². The predicted molar refractivity (Wildman–Crippen MR) is 109 cm³/mol. The number of anilines is 3. The van der Waals surface area contributed by atoms with Crippen LogP contribution in [0.3, 0.4) is 0 Å². The molecular weight excluding hydrogens is 392 g/mol. The quantitative estimate of drug-likeness (QED) is 0.559. The minimum absolute atomic E-state index is 0.00934. The molecule has 0 aromatic carbocycles. The van der Waals surface area contributed by atoms with Crippen molar-refractivity contribution in [1.82, 2.24) is 29.0 Å².